The molecule has 0 spiro atoms. The van der Waals surface area contributed by atoms with Gasteiger partial charge in [-0.2, -0.15) is 0 Å². The Labute approximate surface area is 147 Å². The van der Waals surface area contributed by atoms with E-state index in [-0.39, 0.29) is 11.6 Å². The highest BCUT2D eigenvalue weighted by atomic mass is 32.1. The van der Waals surface area contributed by atoms with E-state index in [0.717, 1.165) is 26.2 Å². The number of aryl methyl sites for hydroxylation is 1. The van der Waals surface area contributed by atoms with Crippen molar-refractivity contribution in [2.45, 2.75) is 6.92 Å². The third-order valence-corrected chi connectivity index (χ3v) is 4.97. The van der Waals surface area contributed by atoms with Crippen molar-refractivity contribution in [1.82, 2.24) is 9.97 Å². The van der Waals surface area contributed by atoms with Crippen LogP contribution in [0, 0.1) is 12.7 Å². The molecule has 0 saturated carbocycles. The van der Waals surface area contributed by atoms with E-state index in [1.165, 1.54) is 18.5 Å². The maximum absolute atomic E-state index is 13.3. The summed E-state index contributed by atoms with van der Waals surface area (Å²) in [6, 6.07) is 13.4. The van der Waals surface area contributed by atoms with Gasteiger partial charge in [0.1, 0.15) is 28.5 Å². The molecular formula is C19H14FN3OS. The van der Waals surface area contributed by atoms with Crippen molar-refractivity contribution in [3.05, 3.63) is 65.6 Å². The molecule has 0 aliphatic heterocycles. The highest BCUT2D eigenvalue weighted by molar-refractivity contribution is 7.19. The fourth-order valence-corrected chi connectivity index (χ4v) is 3.82. The number of phenolic OH excluding ortho intramolecular Hbond substituents is 1. The van der Waals surface area contributed by atoms with Gasteiger partial charge in [-0.15, -0.1) is 11.3 Å². The van der Waals surface area contributed by atoms with E-state index in [0.29, 0.717) is 11.5 Å². The molecule has 2 aromatic carbocycles. The maximum atomic E-state index is 13.3. The van der Waals surface area contributed by atoms with Gasteiger partial charge in [0.2, 0.25) is 0 Å². The standard InChI is InChI=1S/C19H14FN3OS/c1-11-16(12-6-8-13(20)9-7-12)17-18(21-10-22-19(17)25-11)23-14-4-2-3-5-15(14)24/h2-10,24H,1H3,(H,21,22,23). The summed E-state index contributed by atoms with van der Waals surface area (Å²) in [5.41, 5.74) is 2.44. The van der Waals surface area contributed by atoms with Crippen molar-refractivity contribution in [3.63, 3.8) is 0 Å². The third-order valence-electron chi connectivity index (χ3n) is 3.95. The van der Waals surface area contributed by atoms with E-state index in [1.54, 1.807) is 41.7 Å². The summed E-state index contributed by atoms with van der Waals surface area (Å²) in [7, 11) is 0. The van der Waals surface area contributed by atoms with Crippen molar-refractivity contribution in [3.8, 4) is 16.9 Å². The first-order chi connectivity index (χ1) is 12.1. The Kier molecular flexibility index (Phi) is 3.82. The lowest BCUT2D eigenvalue weighted by Gasteiger charge is -2.10. The molecule has 4 rings (SSSR count). The number of hydrogen-bond acceptors (Lipinski definition) is 5. The number of para-hydroxylation sites is 2. The summed E-state index contributed by atoms with van der Waals surface area (Å²) >= 11 is 1.56. The number of fused-ring (bicyclic) bond motifs is 1. The van der Waals surface area contributed by atoms with Crippen LogP contribution in [0.25, 0.3) is 21.3 Å². The first-order valence-electron chi connectivity index (χ1n) is 7.68. The van der Waals surface area contributed by atoms with E-state index in [9.17, 15) is 9.50 Å². The van der Waals surface area contributed by atoms with Crippen LogP contribution in [0.2, 0.25) is 0 Å². The number of benzene rings is 2. The molecule has 25 heavy (non-hydrogen) atoms. The molecule has 0 atom stereocenters. The van der Waals surface area contributed by atoms with Crippen LogP contribution in [0.4, 0.5) is 15.9 Å². The Hall–Kier alpha value is -2.99. The highest BCUT2D eigenvalue weighted by Crippen LogP contribution is 2.41. The van der Waals surface area contributed by atoms with Crippen LogP contribution in [0.1, 0.15) is 4.88 Å². The largest absolute Gasteiger partial charge is 0.506 e. The molecule has 6 heteroatoms. The molecule has 0 amide bonds. The van der Waals surface area contributed by atoms with Crippen LogP contribution in [0.15, 0.2) is 54.9 Å². The average Bonchev–Trinajstić information content (AvgIpc) is 2.95. The van der Waals surface area contributed by atoms with Crippen LogP contribution >= 0.6 is 11.3 Å². The Bertz CT molecular complexity index is 1060. The Morgan fingerprint density at radius 1 is 1.04 bits per heavy atom. The second kappa shape index (κ2) is 6.14. The maximum Gasteiger partial charge on any atom is 0.143 e. The number of thiophene rings is 1. The SMILES string of the molecule is Cc1sc2ncnc(Nc3ccccc3O)c2c1-c1ccc(F)cc1. The number of nitrogens with zero attached hydrogens (tertiary/aromatic N) is 2. The van der Waals surface area contributed by atoms with Gasteiger partial charge in [0.15, 0.2) is 0 Å². The van der Waals surface area contributed by atoms with Gasteiger partial charge in [-0.1, -0.05) is 24.3 Å². The highest BCUT2D eigenvalue weighted by Gasteiger charge is 2.17. The quantitative estimate of drug-likeness (QED) is 0.495. The van der Waals surface area contributed by atoms with Crippen LogP contribution in [-0.4, -0.2) is 15.1 Å². The summed E-state index contributed by atoms with van der Waals surface area (Å²) in [5, 5.41) is 14.1. The predicted octanol–water partition coefficient (Wildman–Crippen LogP) is 5.26. The third kappa shape index (κ3) is 2.81. The van der Waals surface area contributed by atoms with Crippen LogP contribution in [0.3, 0.4) is 0 Å². The lowest BCUT2D eigenvalue weighted by molar-refractivity contribution is 0.478. The molecule has 2 heterocycles. The van der Waals surface area contributed by atoms with Crippen molar-refractivity contribution >= 4 is 33.1 Å². The minimum absolute atomic E-state index is 0.143. The Balaban J connectivity index is 1.91. The second-order valence-corrected chi connectivity index (χ2v) is 6.79. The second-order valence-electron chi connectivity index (χ2n) is 5.58. The zero-order chi connectivity index (χ0) is 17.4. The monoisotopic (exact) mass is 351 g/mol. The fraction of sp³-hybridized carbons (Fsp3) is 0.0526. The first kappa shape index (κ1) is 15.5. The van der Waals surface area contributed by atoms with Gasteiger partial charge in [-0.3, -0.25) is 0 Å². The molecule has 0 aliphatic rings. The summed E-state index contributed by atoms with van der Waals surface area (Å²) in [5.74, 6) is 0.476. The average molecular weight is 351 g/mol. The van der Waals surface area contributed by atoms with Gasteiger partial charge >= 0.3 is 0 Å². The number of phenols is 1. The Morgan fingerprint density at radius 2 is 1.80 bits per heavy atom. The first-order valence-corrected chi connectivity index (χ1v) is 8.50. The summed E-state index contributed by atoms with van der Waals surface area (Å²) in [6.45, 7) is 2.01. The normalized spacial score (nSPS) is 11.0. The van der Waals surface area contributed by atoms with Crippen LogP contribution < -0.4 is 5.32 Å². The van der Waals surface area contributed by atoms with Gasteiger partial charge < -0.3 is 10.4 Å². The fourth-order valence-electron chi connectivity index (χ4n) is 2.81. The summed E-state index contributed by atoms with van der Waals surface area (Å²) in [6.07, 6.45) is 1.50. The summed E-state index contributed by atoms with van der Waals surface area (Å²) in [4.78, 5) is 10.6. The minimum Gasteiger partial charge on any atom is -0.506 e. The number of hydrogen-bond donors (Lipinski definition) is 2. The number of halogens is 1. The zero-order valence-electron chi connectivity index (χ0n) is 13.3. The number of aromatic nitrogens is 2. The van der Waals surface area contributed by atoms with Crippen molar-refractivity contribution in [2.75, 3.05) is 5.32 Å². The number of nitrogens with one attached hydrogen (secondary N) is 1. The van der Waals surface area contributed by atoms with Gasteiger partial charge in [-0.05, 0) is 36.8 Å². The minimum atomic E-state index is -0.273. The van der Waals surface area contributed by atoms with Crippen molar-refractivity contribution in [2.24, 2.45) is 0 Å². The van der Waals surface area contributed by atoms with E-state index < -0.39 is 0 Å². The van der Waals surface area contributed by atoms with Crippen LogP contribution in [-0.2, 0) is 0 Å². The summed E-state index contributed by atoms with van der Waals surface area (Å²) < 4.78 is 13.3. The molecule has 124 valence electrons. The molecule has 0 bridgehead atoms. The lowest BCUT2D eigenvalue weighted by Crippen LogP contribution is -1.96. The smallest absolute Gasteiger partial charge is 0.143 e. The lowest BCUT2D eigenvalue weighted by atomic mass is 10.0. The zero-order valence-corrected chi connectivity index (χ0v) is 14.1. The van der Waals surface area contributed by atoms with Crippen molar-refractivity contribution in [1.29, 1.82) is 0 Å². The Morgan fingerprint density at radius 3 is 2.56 bits per heavy atom. The number of rotatable bonds is 3. The number of aromatic hydroxyl groups is 1. The molecule has 0 unspecified atom stereocenters. The molecule has 0 radical (unpaired) electrons. The molecular weight excluding hydrogens is 337 g/mol. The molecule has 0 saturated heterocycles. The molecule has 2 aromatic heterocycles. The van der Waals surface area contributed by atoms with Gasteiger partial charge in [-0.25, -0.2) is 14.4 Å². The van der Waals surface area contributed by atoms with Crippen LogP contribution in [0.5, 0.6) is 5.75 Å². The van der Waals surface area contributed by atoms with Gasteiger partial charge in [0.25, 0.3) is 0 Å². The van der Waals surface area contributed by atoms with Crippen molar-refractivity contribution < 1.29 is 9.50 Å². The predicted molar refractivity (Wildman–Crippen MR) is 98.9 cm³/mol. The number of anilines is 2. The molecule has 0 aliphatic carbocycles. The topological polar surface area (TPSA) is 58.0 Å². The molecule has 4 aromatic rings. The van der Waals surface area contributed by atoms with E-state index in [4.69, 9.17) is 0 Å². The molecule has 4 nitrogen and oxygen atoms in total. The van der Waals surface area contributed by atoms with Gasteiger partial charge in [0, 0.05) is 10.4 Å². The molecule has 2 N–H and O–H groups in total. The van der Waals surface area contributed by atoms with Gasteiger partial charge in [0.05, 0.1) is 11.1 Å². The van der Waals surface area contributed by atoms with E-state index in [2.05, 4.69) is 15.3 Å². The molecule has 0 fully saturated rings. The van der Waals surface area contributed by atoms with E-state index >= 15 is 0 Å². The van der Waals surface area contributed by atoms with E-state index in [1.807, 2.05) is 13.0 Å².